The summed E-state index contributed by atoms with van der Waals surface area (Å²) in [6.07, 6.45) is 8.40. The number of aromatic nitrogens is 2. The van der Waals surface area contributed by atoms with Crippen molar-refractivity contribution in [3.8, 4) is 0 Å². The molecule has 1 N–H and O–H groups in total. The van der Waals surface area contributed by atoms with Gasteiger partial charge < -0.3 is 5.32 Å². The highest BCUT2D eigenvalue weighted by molar-refractivity contribution is 5.78. The SMILES string of the molecule is CCC1CCCC(Nc2ncc3ccccc3n2)C1. The second kappa shape index (κ2) is 5.55. The molecule has 3 rings (SSSR count). The molecule has 0 aliphatic heterocycles. The van der Waals surface area contributed by atoms with Crippen molar-refractivity contribution in [1.29, 1.82) is 0 Å². The number of para-hydroxylation sites is 1. The van der Waals surface area contributed by atoms with Gasteiger partial charge in [-0.2, -0.15) is 0 Å². The average molecular weight is 255 g/mol. The first-order valence-electron chi connectivity index (χ1n) is 7.33. The summed E-state index contributed by atoms with van der Waals surface area (Å²) >= 11 is 0. The molecule has 1 aromatic heterocycles. The van der Waals surface area contributed by atoms with Gasteiger partial charge in [0.1, 0.15) is 0 Å². The van der Waals surface area contributed by atoms with E-state index >= 15 is 0 Å². The van der Waals surface area contributed by atoms with E-state index in [4.69, 9.17) is 0 Å². The summed E-state index contributed by atoms with van der Waals surface area (Å²) < 4.78 is 0. The summed E-state index contributed by atoms with van der Waals surface area (Å²) in [6.45, 7) is 2.29. The van der Waals surface area contributed by atoms with Gasteiger partial charge in [-0.1, -0.05) is 44.4 Å². The summed E-state index contributed by atoms with van der Waals surface area (Å²) in [4.78, 5) is 9.03. The average Bonchev–Trinajstić information content (AvgIpc) is 2.47. The van der Waals surface area contributed by atoms with Crippen LogP contribution in [0.25, 0.3) is 10.9 Å². The number of benzene rings is 1. The van der Waals surface area contributed by atoms with Gasteiger partial charge in [0.15, 0.2) is 0 Å². The highest BCUT2D eigenvalue weighted by Gasteiger charge is 2.21. The molecule has 0 radical (unpaired) electrons. The molecule has 0 saturated heterocycles. The van der Waals surface area contributed by atoms with E-state index < -0.39 is 0 Å². The molecule has 2 atom stereocenters. The molecular formula is C16H21N3. The summed E-state index contributed by atoms with van der Waals surface area (Å²) in [6, 6.07) is 8.67. The second-order valence-corrected chi connectivity index (χ2v) is 5.53. The number of rotatable bonds is 3. The summed E-state index contributed by atoms with van der Waals surface area (Å²) in [7, 11) is 0. The van der Waals surface area contributed by atoms with Crippen LogP contribution in [0.15, 0.2) is 30.5 Å². The molecule has 0 bridgehead atoms. The van der Waals surface area contributed by atoms with Crippen LogP contribution in [0.3, 0.4) is 0 Å². The Morgan fingerprint density at radius 3 is 3.05 bits per heavy atom. The van der Waals surface area contributed by atoms with Gasteiger partial charge in [0.05, 0.1) is 5.52 Å². The lowest BCUT2D eigenvalue weighted by molar-refractivity contribution is 0.326. The maximum atomic E-state index is 4.60. The van der Waals surface area contributed by atoms with Crippen molar-refractivity contribution in [2.75, 3.05) is 5.32 Å². The Morgan fingerprint density at radius 2 is 2.16 bits per heavy atom. The predicted octanol–water partition coefficient (Wildman–Crippen LogP) is 4.01. The molecule has 1 aliphatic rings. The fourth-order valence-electron chi connectivity index (χ4n) is 3.02. The third-order valence-electron chi connectivity index (χ3n) is 4.18. The van der Waals surface area contributed by atoms with Gasteiger partial charge in [-0.3, -0.25) is 0 Å². The molecule has 2 aromatic rings. The molecule has 2 unspecified atom stereocenters. The van der Waals surface area contributed by atoms with Gasteiger partial charge >= 0.3 is 0 Å². The fourth-order valence-corrected chi connectivity index (χ4v) is 3.02. The number of hydrogen-bond acceptors (Lipinski definition) is 3. The smallest absolute Gasteiger partial charge is 0.223 e. The lowest BCUT2D eigenvalue weighted by atomic mass is 9.84. The molecule has 0 spiro atoms. The molecule has 3 nitrogen and oxygen atoms in total. The van der Waals surface area contributed by atoms with E-state index in [2.05, 4.69) is 22.2 Å². The van der Waals surface area contributed by atoms with Crippen LogP contribution in [0.5, 0.6) is 0 Å². The summed E-state index contributed by atoms with van der Waals surface area (Å²) in [5.41, 5.74) is 1.02. The van der Waals surface area contributed by atoms with Gasteiger partial charge in [0.25, 0.3) is 0 Å². The van der Waals surface area contributed by atoms with Gasteiger partial charge in [-0.15, -0.1) is 0 Å². The Labute approximate surface area is 114 Å². The zero-order chi connectivity index (χ0) is 13.1. The summed E-state index contributed by atoms with van der Waals surface area (Å²) in [5, 5.41) is 4.62. The van der Waals surface area contributed by atoms with Crippen LogP contribution in [0.2, 0.25) is 0 Å². The number of fused-ring (bicyclic) bond motifs is 1. The van der Waals surface area contributed by atoms with E-state index in [-0.39, 0.29) is 0 Å². The number of hydrogen-bond donors (Lipinski definition) is 1. The van der Waals surface area contributed by atoms with Crippen LogP contribution in [0.1, 0.15) is 39.0 Å². The molecule has 1 fully saturated rings. The van der Waals surface area contributed by atoms with Gasteiger partial charge in [-0.05, 0) is 24.8 Å². The monoisotopic (exact) mass is 255 g/mol. The van der Waals surface area contributed by atoms with Gasteiger partial charge in [0.2, 0.25) is 5.95 Å². The third kappa shape index (κ3) is 2.86. The fraction of sp³-hybridized carbons (Fsp3) is 0.500. The van der Waals surface area contributed by atoms with Crippen molar-refractivity contribution in [2.45, 2.75) is 45.1 Å². The molecule has 100 valence electrons. The van der Waals surface area contributed by atoms with Crippen molar-refractivity contribution in [1.82, 2.24) is 9.97 Å². The van der Waals surface area contributed by atoms with E-state index in [1.807, 2.05) is 30.5 Å². The zero-order valence-electron chi connectivity index (χ0n) is 11.5. The Kier molecular flexibility index (Phi) is 3.62. The third-order valence-corrected chi connectivity index (χ3v) is 4.18. The Morgan fingerprint density at radius 1 is 1.26 bits per heavy atom. The molecule has 19 heavy (non-hydrogen) atoms. The minimum Gasteiger partial charge on any atom is -0.351 e. The largest absolute Gasteiger partial charge is 0.351 e. The lowest BCUT2D eigenvalue weighted by Gasteiger charge is -2.29. The standard InChI is InChI=1S/C16H21N3/c1-2-12-6-5-8-14(10-12)18-16-17-11-13-7-3-4-9-15(13)19-16/h3-4,7,9,11-12,14H,2,5-6,8,10H2,1H3,(H,17,18,19). The predicted molar refractivity (Wildman–Crippen MR) is 79.2 cm³/mol. The molecule has 3 heteroatoms. The van der Waals surface area contributed by atoms with E-state index in [9.17, 15) is 0 Å². The molecule has 1 aromatic carbocycles. The van der Waals surface area contributed by atoms with E-state index in [1.54, 1.807) is 0 Å². The van der Waals surface area contributed by atoms with Crippen molar-refractivity contribution in [3.05, 3.63) is 30.5 Å². The van der Waals surface area contributed by atoms with Crippen LogP contribution >= 0.6 is 0 Å². The van der Waals surface area contributed by atoms with Crippen molar-refractivity contribution in [2.24, 2.45) is 5.92 Å². The van der Waals surface area contributed by atoms with Crippen LogP contribution in [-0.4, -0.2) is 16.0 Å². The van der Waals surface area contributed by atoms with Crippen molar-refractivity contribution in [3.63, 3.8) is 0 Å². The molecule has 1 heterocycles. The van der Waals surface area contributed by atoms with E-state index in [0.717, 1.165) is 22.8 Å². The maximum Gasteiger partial charge on any atom is 0.223 e. The molecule has 1 saturated carbocycles. The van der Waals surface area contributed by atoms with E-state index in [1.165, 1.54) is 32.1 Å². The van der Waals surface area contributed by atoms with Crippen LogP contribution in [0.4, 0.5) is 5.95 Å². The first kappa shape index (κ1) is 12.4. The van der Waals surface area contributed by atoms with Crippen molar-refractivity contribution >= 4 is 16.9 Å². The Balaban J connectivity index is 1.74. The molecule has 0 amide bonds. The van der Waals surface area contributed by atoms with Gasteiger partial charge in [-0.25, -0.2) is 9.97 Å². The number of anilines is 1. The first-order valence-corrected chi connectivity index (χ1v) is 7.33. The van der Waals surface area contributed by atoms with E-state index in [0.29, 0.717) is 6.04 Å². The Hall–Kier alpha value is -1.64. The summed E-state index contributed by atoms with van der Waals surface area (Å²) in [5.74, 6) is 1.65. The molecular weight excluding hydrogens is 234 g/mol. The highest BCUT2D eigenvalue weighted by Crippen LogP contribution is 2.28. The minimum atomic E-state index is 0.542. The normalized spacial score (nSPS) is 23.4. The highest BCUT2D eigenvalue weighted by atomic mass is 15.1. The number of nitrogens with zero attached hydrogens (tertiary/aromatic N) is 2. The quantitative estimate of drug-likeness (QED) is 0.900. The van der Waals surface area contributed by atoms with Gasteiger partial charge in [0, 0.05) is 17.6 Å². The second-order valence-electron chi connectivity index (χ2n) is 5.53. The van der Waals surface area contributed by atoms with Crippen molar-refractivity contribution < 1.29 is 0 Å². The Bertz CT molecular complexity index is 552. The van der Waals surface area contributed by atoms with Crippen LogP contribution in [-0.2, 0) is 0 Å². The first-order chi connectivity index (χ1) is 9.35. The topological polar surface area (TPSA) is 37.8 Å². The molecule has 1 aliphatic carbocycles. The number of nitrogens with one attached hydrogen (secondary N) is 1. The van der Waals surface area contributed by atoms with Crippen LogP contribution < -0.4 is 5.32 Å². The zero-order valence-corrected chi connectivity index (χ0v) is 11.5. The lowest BCUT2D eigenvalue weighted by Crippen LogP contribution is -2.27. The van der Waals surface area contributed by atoms with Crippen LogP contribution in [0, 0.1) is 5.92 Å². The maximum absolute atomic E-state index is 4.60. The minimum absolute atomic E-state index is 0.542.